The van der Waals surface area contributed by atoms with Crippen molar-refractivity contribution >= 4 is 5.84 Å². The van der Waals surface area contributed by atoms with Gasteiger partial charge in [-0.1, -0.05) is 12.1 Å². The van der Waals surface area contributed by atoms with Gasteiger partial charge in [-0.05, 0) is 12.1 Å². The molecule has 1 aliphatic heterocycles. The molecule has 0 amide bonds. The highest BCUT2D eigenvalue weighted by Crippen LogP contribution is 2.21. The second kappa shape index (κ2) is 4.99. The van der Waals surface area contributed by atoms with Crippen molar-refractivity contribution in [2.75, 3.05) is 33.3 Å². The lowest BCUT2D eigenvalue weighted by atomic mass is 10.1. The summed E-state index contributed by atoms with van der Waals surface area (Å²) in [6.07, 6.45) is 0. The minimum absolute atomic E-state index is 0.647. The Labute approximate surface area is 95.7 Å². The third-order valence-corrected chi connectivity index (χ3v) is 2.68. The highest BCUT2D eigenvalue weighted by atomic mass is 16.5. The van der Waals surface area contributed by atoms with Crippen LogP contribution in [0.25, 0.3) is 0 Å². The normalized spacial score (nSPS) is 15.1. The molecule has 86 valence electrons. The molecule has 0 saturated heterocycles. The van der Waals surface area contributed by atoms with E-state index in [1.165, 1.54) is 0 Å². The fraction of sp³-hybridized carbons (Fsp3) is 0.417. The van der Waals surface area contributed by atoms with Crippen molar-refractivity contribution in [2.45, 2.75) is 0 Å². The van der Waals surface area contributed by atoms with Crippen molar-refractivity contribution in [3.05, 3.63) is 29.8 Å². The number of methoxy groups -OCH3 is 1. The number of hydrogen-bond donors (Lipinski definition) is 1. The van der Waals surface area contributed by atoms with Crippen LogP contribution in [0.1, 0.15) is 5.56 Å². The summed E-state index contributed by atoms with van der Waals surface area (Å²) in [6.45, 7) is 3.28. The SMILES string of the molecule is COc1ccccc1C1=NCCN1CCN. The van der Waals surface area contributed by atoms with Gasteiger partial charge in [-0.15, -0.1) is 0 Å². The number of aliphatic imine (C=N–C) groups is 1. The second-order valence-electron chi connectivity index (χ2n) is 3.68. The zero-order valence-electron chi connectivity index (χ0n) is 9.52. The molecule has 1 heterocycles. The van der Waals surface area contributed by atoms with Gasteiger partial charge in [0.2, 0.25) is 0 Å². The zero-order chi connectivity index (χ0) is 11.4. The van der Waals surface area contributed by atoms with E-state index in [1.807, 2.05) is 24.3 Å². The van der Waals surface area contributed by atoms with Crippen LogP contribution in [0.15, 0.2) is 29.3 Å². The van der Waals surface area contributed by atoms with Crippen LogP contribution >= 0.6 is 0 Å². The molecule has 1 aromatic carbocycles. The Morgan fingerprint density at radius 2 is 2.25 bits per heavy atom. The van der Waals surface area contributed by atoms with Gasteiger partial charge < -0.3 is 15.4 Å². The van der Waals surface area contributed by atoms with Crippen LogP contribution in [0.2, 0.25) is 0 Å². The molecule has 0 radical (unpaired) electrons. The molecule has 0 atom stereocenters. The third kappa shape index (κ3) is 2.02. The molecular formula is C12H17N3O. The Balaban J connectivity index is 2.29. The second-order valence-corrected chi connectivity index (χ2v) is 3.68. The van der Waals surface area contributed by atoms with E-state index in [4.69, 9.17) is 10.5 Å². The third-order valence-electron chi connectivity index (χ3n) is 2.68. The maximum Gasteiger partial charge on any atom is 0.134 e. The first kappa shape index (κ1) is 11.0. The summed E-state index contributed by atoms with van der Waals surface area (Å²) in [4.78, 5) is 6.73. The summed E-state index contributed by atoms with van der Waals surface area (Å²) in [5, 5.41) is 0. The quantitative estimate of drug-likeness (QED) is 0.811. The highest BCUT2D eigenvalue weighted by molar-refractivity contribution is 6.02. The van der Waals surface area contributed by atoms with Crippen molar-refractivity contribution in [1.29, 1.82) is 0 Å². The highest BCUT2D eigenvalue weighted by Gasteiger charge is 2.20. The number of ether oxygens (including phenoxy) is 1. The van der Waals surface area contributed by atoms with Gasteiger partial charge in [0.25, 0.3) is 0 Å². The van der Waals surface area contributed by atoms with Crippen molar-refractivity contribution in [3.8, 4) is 5.75 Å². The molecule has 0 spiro atoms. The molecule has 0 saturated carbocycles. The van der Waals surface area contributed by atoms with Gasteiger partial charge >= 0.3 is 0 Å². The molecule has 2 rings (SSSR count). The number of rotatable bonds is 4. The van der Waals surface area contributed by atoms with Crippen LogP contribution < -0.4 is 10.5 Å². The first-order chi connectivity index (χ1) is 7.86. The Bertz CT molecular complexity index is 390. The Hall–Kier alpha value is -1.55. The van der Waals surface area contributed by atoms with Crippen molar-refractivity contribution in [1.82, 2.24) is 4.90 Å². The molecule has 0 bridgehead atoms. The molecule has 0 aliphatic carbocycles. The summed E-state index contributed by atoms with van der Waals surface area (Å²) >= 11 is 0. The summed E-state index contributed by atoms with van der Waals surface area (Å²) in [6, 6.07) is 7.95. The first-order valence-corrected chi connectivity index (χ1v) is 5.49. The monoisotopic (exact) mass is 219 g/mol. The van der Waals surface area contributed by atoms with Crippen molar-refractivity contribution < 1.29 is 4.74 Å². The Kier molecular flexibility index (Phi) is 3.41. The minimum atomic E-state index is 0.647. The topological polar surface area (TPSA) is 50.8 Å². The summed E-state index contributed by atoms with van der Waals surface area (Å²) in [5.74, 6) is 1.87. The van der Waals surface area contributed by atoms with Gasteiger partial charge in [-0.3, -0.25) is 4.99 Å². The largest absolute Gasteiger partial charge is 0.496 e. The van der Waals surface area contributed by atoms with Gasteiger partial charge in [0.1, 0.15) is 11.6 Å². The van der Waals surface area contributed by atoms with Crippen LogP contribution in [0.5, 0.6) is 5.75 Å². The average molecular weight is 219 g/mol. The number of nitrogens with two attached hydrogens (primary N) is 1. The first-order valence-electron chi connectivity index (χ1n) is 5.49. The van der Waals surface area contributed by atoms with Crippen LogP contribution in [0, 0.1) is 0 Å². The molecule has 1 aliphatic rings. The molecule has 1 aromatic rings. The maximum absolute atomic E-state index is 5.59. The van der Waals surface area contributed by atoms with E-state index < -0.39 is 0 Å². The molecule has 16 heavy (non-hydrogen) atoms. The van der Waals surface area contributed by atoms with Gasteiger partial charge in [-0.2, -0.15) is 0 Å². The van der Waals surface area contributed by atoms with Gasteiger partial charge in [-0.25, -0.2) is 0 Å². The van der Waals surface area contributed by atoms with Crippen LogP contribution in [0.3, 0.4) is 0 Å². The van der Waals surface area contributed by atoms with Gasteiger partial charge in [0.05, 0.1) is 19.2 Å². The van der Waals surface area contributed by atoms with Gasteiger partial charge in [0, 0.05) is 19.6 Å². The number of benzene rings is 1. The fourth-order valence-electron chi connectivity index (χ4n) is 1.94. The summed E-state index contributed by atoms with van der Waals surface area (Å²) in [7, 11) is 1.68. The van der Waals surface area contributed by atoms with Crippen molar-refractivity contribution in [2.24, 2.45) is 10.7 Å². The Morgan fingerprint density at radius 3 is 3.00 bits per heavy atom. The standard InChI is InChI=1S/C12H17N3O/c1-16-11-5-3-2-4-10(11)12-14-7-9-15(12)8-6-13/h2-5H,6-9,13H2,1H3. The predicted octanol–water partition coefficient (Wildman–Crippen LogP) is 0.716. The van der Waals surface area contributed by atoms with Crippen LogP contribution in [-0.4, -0.2) is 44.0 Å². The number of hydrogen-bond acceptors (Lipinski definition) is 4. The van der Waals surface area contributed by atoms with Gasteiger partial charge in [0.15, 0.2) is 0 Å². The van der Waals surface area contributed by atoms with Crippen molar-refractivity contribution in [3.63, 3.8) is 0 Å². The average Bonchev–Trinajstić information content (AvgIpc) is 2.77. The molecule has 0 fully saturated rings. The van der Waals surface area contributed by atoms with E-state index >= 15 is 0 Å². The molecule has 4 heteroatoms. The lowest BCUT2D eigenvalue weighted by molar-refractivity contribution is 0.410. The molecular weight excluding hydrogens is 202 g/mol. The maximum atomic E-state index is 5.59. The molecule has 4 nitrogen and oxygen atoms in total. The summed E-state index contributed by atoms with van der Waals surface area (Å²) < 4.78 is 5.35. The smallest absolute Gasteiger partial charge is 0.134 e. The zero-order valence-corrected chi connectivity index (χ0v) is 9.52. The van der Waals surface area contributed by atoms with E-state index in [2.05, 4.69) is 9.89 Å². The molecule has 0 aromatic heterocycles. The predicted molar refractivity (Wildman–Crippen MR) is 65.0 cm³/mol. The van der Waals surface area contributed by atoms with E-state index in [9.17, 15) is 0 Å². The van der Waals surface area contributed by atoms with E-state index in [0.717, 1.165) is 36.8 Å². The van der Waals surface area contributed by atoms with E-state index in [-0.39, 0.29) is 0 Å². The number of amidine groups is 1. The lowest BCUT2D eigenvalue weighted by Crippen LogP contribution is -2.33. The minimum Gasteiger partial charge on any atom is -0.496 e. The number of para-hydroxylation sites is 1. The summed E-state index contributed by atoms with van der Waals surface area (Å²) in [5.41, 5.74) is 6.64. The van der Waals surface area contributed by atoms with Crippen LogP contribution in [0.4, 0.5) is 0 Å². The Morgan fingerprint density at radius 1 is 1.44 bits per heavy atom. The van der Waals surface area contributed by atoms with E-state index in [0.29, 0.717) is 6.54 Å². The lowest BCUT2D eigenvalue weighted by Gasteiger charge is -2.20. The van der Waals surface area contributed by atoms with E-state index in [1.54, 1.807) is 7.11 Å². The van der Waals surface area contributed by atoms with Crippen LogP contribution in [-0.2, 0) is 0 Å². The fourth-order valence-corrected chi connectivity index (χ4v) is 1.94. The molecule has 2 N–H and O–H groups in total. The molecule has 0 unspecified atom stereocenters. The number of nitrogens with zero attached hydrogens (tertiary/aromatic N) is 2.